The number of aryl methyl sites for hydroxylation is 1. The second-order valence-electron chi connectivity index (χ2n) is 11.5. The van der Waals surface area contributed by atoms with Gasteiger partial charge in [-0.15, -0.1) is 0 Å². The first kappa shape index (κ1) is 24.5. The molecule has 3 heterocycles. The van der Waals surface area contributed by atoms with Crippen LogP contribution in [0.4, 0.5) is 4.79 Å². The van der Waals surface area contributed by atoms with Crippen LogP contribution in [0.3, 0.4) is 0 Å². The molecule has 0 radical (unpaired) electrons. The summed E-state index contributed by atoms with van der Waals surface area (Å²) in [6.45, 7) is 11.7. The number of halogens is 1. The zero-order valence-electron chi connectivity index (χ0n) is 21.3. The zero-order chi connectivity index (χ0) is 25.0. The highest BCUT2D eigenvalue weighted by Crippen LogP contribution is 2.59. The number of fused-ring (bicyclic) bond motifs is 4. The average Bonchev–Trinajstić information content (AvgIpc) is 2.82. The number of ether oxygens (including phenoxy) is 2. The zero-order valence-corrected chi connectivity index (χ0v) is 22.0. The van der Waals surface area contributed by atoms with Gasteiger partial charge in [-0.05, 0) is 92.9 Å². The van der Waals surface area contributed by atoms with Gasteiger partial charge in [0.15, 0.2) is 0 Å². The Labute approximate surface area is 213 Å². The lowest BCUT2D eigenvalue weighted by Gasteiger charge is -2.59. The Morgan fingerprint density at radius 1 is 1.11 bits per heavy atom. The van der Waals surface area contributed by atoms with E-state index in [9.17, 15) is 4.79 Å². The van der Waals surface area contributed by atoms with Crippen LogP contribution >= 0.6 is 11.6 Å². The Balaban J connectivity index is 1.59. The fraction of sp³-hybridized carbons (Fsp3) is 0.552. The van der Waals surface area contributed by atoms with E-state index in [1.807, 2.05) is 26.0 Å². The molecule has 1 amide bonds. The van der Waals surface area contributed by atoms with Crippen molar-refractivity contribution in [2.45, 2.75) is 65.1 Å². The lowest BCUT2D eigenvalue weighted by Crippen LogP contribution is -2.62. The largest absolute Gasteiger partial charge is 0.489 e. The highest BCUT2D eigenvalue weighted by atomic mass is 35.5. The SMILES string of the molecule is CC(C)Oc1ccc(-c2ccc3c(c2)CCC(C)(C)[C@]3(OC(N)=O)[C@@H]2CN3CCC2CC3)cc1Cl. The van der Waals surface area contributed by atoms with Crippen LogP contribution in [0.5, 0.6) is 5.75 Å². The van der Waals surface area contributed by atoms with E-state index in [1.54, 1.807) is 0 Å². The van der Waals surface area contributed by atoms with Gasteiger partial charge in [-0.1, -0.05) is 49.7 Å². The van der Waals surface area contributed by atoms with Crippen molar-refractivity contribution in [2.24, 2.45) is 23.0 Å². The lowest BCUT2D eigenvalue weighted by molar-refractivity contribution is -0.173. The molecule has 5 nitrogen and oxygen atoms in total. The standard InChI is InChI=1S/C29H37ClN2O3/c1-18(2)34-26-8-6-21(16-25(26)30)20-5-7-23-22(15-20)9-12-28(3,4)29(23,35-27(31)33)24-17-32-13-10-19(24)11-14-32/h5-8,15-16,18-19,24H,9-14,17H2,1-4H3,(H2,31,33)/t24-,29-/m1/s1. The minimum absolute atomic E-state index is 0.0650. The molecule has 188 valence electrons. The van der Waals surface area contributed by atoms with Crippen LogP contribution in [0.25, 0.3) is 11.1 Å². The van der Waals surface area contributed by atoms with Crippen LogP contribution in [0.15, 0.2) is 36.4 Å². The molecule has 2 atom stereocenters. The maximum Gasteiger partial charge on any atom is 0.405 e. The van der Waals surface area contributed by atoms with Gasteiger partial charge in [-0.25, -0.2) is 4.79 Å². The van der Waals surface area contributed by atoms with Gasteiger partial charge in [0.1, 0.15) is 11.4 Å². The summed E-state index contributed by atoms with van der Waals surface area (Å²) in [6.07, 6.45) is 3.56. The minimum Gasteiger partial charge on any atom is -0.489 e. The molecular weight excluding hydrogens is 460 g/mol. The van der Waals surface area contributed by atoms with Crippen molar-refractivity contribution in [1.29, 1.82) is 0 Å². The van der Waals surface area contributed by atoms with E-state index >= 15 is 0 Å². The molecular formula is C29H37ClN2O3. The molecule has 0 spiro atoms. The van der Waals surface area contributed by atoms with E-state index in [1.165, 1.54) is 5.56 Å². The third kappa shape index (κ3) is 4.21. The van der Waals surface area contributed by atoms with Gasteiger partial charge in [-0.2, -0.15) is 0 Å². The Hall–Kier alpha value is -2.24. The second kappa shape index (κ2) is 9.01. The normalized spacial score (nSPS) is 29.0. The molecule has 3 saturated heterocycles. The molecule has 0 unspecified atom stereocenters. The molecule has 3 aliphatic heterocycles. The molecule has 2 bridgehead atoms. The first-order valence-electron chi connectivity index (χ1n) is 12.9. The number of piperidine rings is 3. The molecule has 0 saturated carbocycles. The van der Waals surface area contributed by atoms with Crippen LogP contribution in [-0.2, 0) is 16.8 Å². The molecule has 35 heavy (non-hydrogen) atoms. The molecule has 6 heteroatoms. The number of nitrogens with two attached hydrogens (primary N) is 1. The van der Waals surface area contributed by atoms with E-state index in [-0.39, 0.29) is 17.4 Å². The highest BCUT2D eigenvalue weighted by Gasteiger charge is 2.60. The van der Waals surface area contributed by atoms with Crippen LogP contribution < -0.4 is 10.5 Å². The summed E-state index contributed by atoms with van der Waals surface area (Å²) in [6, 6.07) is 12.5. The van der Waals surface area contributed by atoms with Crippen LogP contribution in [0, 0.1) is 17.3 Å². The summed E-state index contributed by atoms with van der Waals surface area (Å²) in [5.41, 5.74) is 9.32. The summed E-state index contributed by atoms with van der Waals surface area (Å²) in [4.78, 5) is 14.9. The fourth-order valence-electron chi connectivity index (χ4n) is 6.92. The number of primary amides is 1. The number of rotatable bonds is 5. The van der Waals surface area contributed by atoms with Crippen molar-refractivity contribution < 1.29 is 14.3 Å². The third-order valence-electron chi connectivity index (χ3n) is 8.60. The van der Waals surface area contributed by atoms with Crippen LogP contribution in [-0.4, -0.2) is 36.7 Å². The summed E-state index contributed by atoms with van der Waals surface area (Å²) in [7, 11) is 0. The molecule has 0 aromatic heterocycles. The number of benzene rings is 2. The summed E-state index contributed by atoms with van der Waals surface area (Å²) < 4.78 is 12.1. The van der Waals surface area contributed by atoms with Crippen LogP contribution in [0.1, 0.15) is 58.1 Å². The van der Waals surface area contributed by atoms with E-state index in [4.69, 9.17) is 26.8 Å². The van der Waals surface area contributed by atoms with Crippen molar-refractivity contribution in [3.05, 3.63) is 52.5 Å². The van der Waals surface area contributed by atoms with Crippen molar-refractivity contribution in [2.75, 3.05) is 19.6 Å². The summed E-state index contributed by atoms with van der Waals surface area (Å²) in [5, 5.41) is 0.605. The Morgan fingerprint density at radius 2 is 1.80 bits per heavy atom. The molecule has 2 aromatic rings. The molecule has 2 N–H and O–H groups in total. The number of carbonyl (C=O) groups excluding carboxylic acids is 1. The monoisotopic (exact) mass is 496 g/mol. The molecule has 2 aromatic carbocycles. The second-order valence-corrected chi connectivity index (χ2v) is 11.9. The fourth-order valence-corrected chi connectivity index (χ4v) is 7.15. The van der Waals surface area contributed by atoms with Crippen molar-refractivity contribution in [3.63, 3.8) is 0 Å². The first-order valence-corrected chi connectivity index (χ1v) is 13.3. The van der Waals surface area contributed by atoms with Gasteiger partial charge in [0.2, 0.25) is 0 Å². The van der Waals surface area contributed by atoms with E-state index < -0.39 is 11.7 Å². The third-order valence-corrected chi connectivity index (χ3v) is 8.89. The van der Waals surface area contributed by atoms with Gasteiger partial charge in [0.05, 0.1) is 11.1 Å². The van der Waals surface area contributed by atoms with Crippen LogP contribution in [0.2, 0.25) is 5.02 Å². The van der Waals surface area contributed by atoms with Gasteiger partial charge < -0.3 is 20.1 Å². The maximum absolute atomic E-state index is 12.4. The van der Waals surface area contributed by atoms with Gasteiger partial charge in [-0.3, -0.25) is 0 Å². The van der Waals surface area contributed by atoms with Gasteiger partial charge in [0, 0.05) is 17.9 Å². The lowest BCUT2D eigenvalue weighted by atomic mass is 9.53. The summed E-state index contributed by atoms with van der Waals surface area (Å²) in [5.74, 6) is 1.47. The maximum atomic E-state index is 12.4. The molecule has 4 aliphatic rings. The number of amides is 1. The number of hydrogen-bond acceptors (Lipinski definition) is 4. The molecule has 3 fully saturated rings. The number of hydrogen-bond donors (Lipinski definition) is 1. The summed E-state index contributed by atoms with van der Waals surface area (Å²) >= 11 is 6.54. The quantitative estimate of drug-likeness (QED) is 0.520. The van der Waals surface area contributed by atoms with Crippen molar-refractivity contribution in [1.82, 2.24) is 4.90 Å². The van der Waals surface area contributed by atoms with Gasteiger partial charge >= 0.3 is 6.09 Å². The average molecular weight is 497 g/mol. The highest BCUT2D eigenvalue weighted by molar-refractivity contribution is 6.32. The minimum atomic E-state index is -0.735. The van der Waals surface area contributed by atoms with Crippen molar-refractivity contribution in [3.8, 4) is 16.9 Å². The first-order chi connectivity index (χ1) is 16.6. The number of carbonyl (C=O) groups is 1. The smallest absolute Gasteiger partial charge is 0.405 e. The topological polar surface area (TPSA) is 64.8 Å². The molecule has 1 aliphatic carbocycles. The number of nitrogens with zero attached hydrogens (tertiary/aromatic N) is 1. The van der Waals surface area contributed by atoms with E-state index in [0.717, 1.165) is 62.0 Å². The molecule has 6 rings (SSSR count). The Morgan fingerprint density at radius 3 is 2.40 bits per heavy atom. The van der Waals surface area contributed by atoms with E-state index in [2.05, 4.69) is 43.0 Å². The van der Waals surface area contributed by atoms with E-state index in [0.29, 0.717) is 16.7 Å². The Kier molecular flexibility index (Phi) is 6.29. The predicted molar refractivity (Wildman–Crippen MR) is 140 cm³/mol. The van der Waals surface area contributed by atoms with Crippen molar-refractivity contribution >= 4 is 17.7 Å². The van der Waals surface area contributed by atoms with Gasteiger partial charge in [0.25, 0.3) is 0 Å². The predicted octanol–water partition coefficient (Wildman–Crippen LogP) is 6.40. The Bertz CT molecular complexity index is 1120.